The molecule has 0 amide bonds. The molecule has 0 aliphatic carbocycles. The van der Waals surface area contributed by atoms with Crippen molar-refractivity contribution in [1.82, 2.24) is 0 Å². The lowest BCUT2D eigenvalue weighted by molar-refractivity contribution is -0.149. The summed E-state index contributed by atoms with van der Waals surface area (Å²) in [7, 11) is 1.49. The number of benzene rings is 1. The number of rotatable bonds is 8. The molecule has 0 spiro atoms. The highest BCUT2D eigenvalue weighted by atomic mass is 16.6. The monoisotopic (exact) mass is 344 g/mol. The Labute approximate surface area is 146 Å². The number of methoxy groups -OCH3 is 1. The van der Waals surface area contributed by atoms with Gasteiger partial charge in [-0.15, -0.1) is 0 Å². The normalized spacial score (nSPS) is 11.4. The fourth-order valence-electron chi connectivity index (χ4n) is 1.87. The summed E-state index contributed by atoms with van der Waals surface area (Å²) in [6, 6.07) is 6.91. The van der Waals surface area contributed by atoms with E-state index in [1.54, 1.807) is 24.3 Å². The Morgan fingerprint density at radius 2 is 2.00 bits per heavy atom. The Bertz CT molecular complexity index is 740. The van der Waals surface area contributed by atoms with E-state index in [9.17, 15) is 9.59 Å². The number of carbonyl (C=O) groups excluding carboxylic acids is 2. The summed E-state index contributed by atoms with van der Waals surface area (Å²) in [6.45, 7) is 2.34. The molecule has 0 saturated heterocycles. The molecule has 0 atom stereocenters. The van der Waals surface area contributed by atoms with Gasteiger partial charge in [-0.1, -0.05) is 18.2 Å². The first kappa shape index (κ1) is 19.8. The molecule has 0 saturated carbocycles. The number of ketones is 1. The topological polar surface area (TPSA) is 112 Å². The van der Waals surface area contributed by atoms with Crippen molar-refractivity contribution in [3.05, 3.63) is 41.1 Å². The van der Waals surface area contributed by atoms with Gasteiger partial charge in [-0.25, -0.2) is 4.79 Å². The molecule has 0 bridgehead atoms. The number of allylic oxidation sites excluding steroid dienone is 2. The zero-order valence-electron chi connectivity index (χ0n) is 14.4. The van der Waals surface area contributed by atoms with Crippen LogP contribution in [0.4, 0.5) is 0 Å². The van der Waals surface area contributed by atoms with Crippen LogP contribution in [0.5, 0.6) is 11.5 Å². The number of nitriles is 1. The van der Waals surface area contributed by atoms with Crippen LogP contribution in [0, 0.1) is 11.3 Å². The Morgan fingerprint density at radius 3 is 2.56 bits per heavy atom. The van der Waals surface area contributed by atoms with Crippen molar-refractivity contribution >= 4 is 17.8 Å². The maximum atomic E-state index is 11.7. The van der Waals surface area contributed by atoms with Crippen molar-refractivity contribution in [2.75, 3.05) is 20.3 Å². The molecular formula is C18H20N2O5. The summed E-state index contributed by atoms with van der Waals surface area (Å²) in [5, 5.41) is 8.81. The summed E-state index contributed by atoms with van der Waals surface area (Å²) in [4.78, 5) is 23.4. The second-order valence-electron chi connectivity index (χ2n) is 4.95. The molecule has 132 valence electrons. The number of ether oxygens (including phenoxy) is 3. The van der Waals surface area contributed by atoms with Crippen molar-refractivity contribution in [2.24, 2.45) is 5.73 Å². The molecule has 7 heteroatoms. The average molecular weight is 344 g/mol. The summed E-state index contributed by atoms with van der Waals surface area (Å²) in [6.07, 6.45) is 3.78. The molecule has 0 aliphatic heterocycles. The summed E-state index contributed by atoms with van der Waals surface area (Å²) in [5.41, 5.74) is 6.18. The fraction of sp³-hybridized carbons (Fsp3) is 0.278. The van der Waals surface area contributed by atoms with Gasteiger partial charge in [-0.3, -0.25) is 4.79 Å². The smallest absolute Gasteiger partial charge is 0.344 e. The van der Waals surface area contributed by atoms with Crippen molar-refractivity contribution in [3.8, 4) is 17.6 Å². The van der Waals surface area contributed by atoms with Crippen LogP contribution in [0.2, 0.25) is 0 Å². The third kappa shape index (κ3) is 6.03. The van der Waals surface area contributed by atoms with E-state index in [1.165, 1.54) is 14.0 Å². The van der Waals surface area contributed by atoms with Gasteiger partial charge in [0, 0.05) is 5.70 Å². The second-order valence-corrected chi connectivity index (χ2v) is 4.95. The highest BCUT2D eigenvalue weighted by molar-refractivity contribution is 6.01. The van der Waals surface area contributed by atoms with E-state index in [4.69, 9.17) is 25.2 Å². The number of nitrogens with two attached hydrogens (primary N) is 1. The molecule has 0 unspecified atom stereocenters. The van der Waals surface area contributed by atoms with Crippen LogP contribution < -0.4 is 15.2 Å². The van der Waals surface area contributed by atoms with Crippen molar-refractivity contribution < 1.29 is 23.8 Å². The molecule has 0 aliphatic rings. The Morgan fingerprint density at radius 1 is 1.28 bits per heavy atom. The van der Waals surface area contributed by atoms with Crippen LogP contribution >= 0.6 is 0 Å². The van der Waals surface area contributed by atoms with Gasteiger partial charge in [0.15, 0.2) is 24.7 Å². The van der Waals surface area contributed by atoms with E-state index in [0.717, 1.165) is 5.56 Å². The maximum Gasteiger partial charge on any atom is 0.344 e. The number of esters is 1. The first-order chi connectivity index (χ1) is 11.9. The van der Waals surface area contributed by atoms with Gasteiger partial charge in [0.25, 0.3) is 0 Å². The van der Waals surface area contributed by atoms with Gasteiger partial charge in [-0.05, 0) is 31.5 Å². The van der Waals surface area contributed by atoms with E-state index in [1.807, 2.05) is 19.1 Å². The predicted octanol–water partition coefficient (Wildman–Crippen LogP) is 1.98. The molecule has 1 aromatic rings. The number of hydrogen-bond donors (Lipinski definition) is 1. The largest absolute Gasteiger partial charge is 0.493 e. The SMILES string of the molecule is C/C=C/c1ccc(OCC(=O)OCC(=O)/C(C#N)=C(\C)N)c(OC)c1. The second kappa shape index (κ2) is 9.78. The van der Waals surface area contributed by atoms with E-state index < -0.39 is 25.0 Å². The van der Waals surface area contributed by atoms with E-state index in [0.29, 0.717) is 11.5 Å². The van der Waals surface area contributed by atoms with E-state index in [-0.39, 0.29) is 11.3 Å². The van der Waals surface area contributed by atoms with Gasteiger partial charge in [-0.2, -0.15) is 5.26 Å². The standard InChI is InChI=1S/C18H20N2O5/c1-4-5-13-6-7-16(17(8-13)23-3)24-11-18(22)25-10-15(21)14(9-19)12(2)20/h4-8H,10-11,20H2,1-3H3/b5-4+,14-12+. The lowest BCUT2D eigenvalue weighted by Crippen LogP contribution is -2.21. The molecule has 0 fully saturated rings. The van der Waals surface area contributed by atoms with Crippen molar-refractivity contribution in [2.45, 2.75) is 13.8 Å². The van der Waals surface area contributed by atoms with Crippen LogP contribution in [0.25, 0.3) is 6.08 Å². The van der Waals surface area contributed by atoms with Crippen LogP contribution in [0.3, 0.4) is 0 Å². The first-order valence-corrected chi connectivity index (χ1v) is 7.41. The highest BCUT2D eigenvalue weighted by Gasteiger charge is 2.15. The van der Waals surface area contributed by atoms with Gasteiger partial charge in [0.1, 0.15) is 11.6 Å². The average Bonchev–Trinajstić information content (AvgIpc) is 2.59. The third-order valence-electron chi connectivity index (χ3n) is 3.04. The lowest BCUT2D eigenvalue weighted by atomic mass is 10.1. The summed E-state index contributed by atoms with van der Waals surface area (Å²) in [5.74, 6) is -0.577. The Balaban J connectivity index is 2.61. The zero-order chi connectivity index (χ0) is 18.8. The number of hydrogen-bond acceptors (Lipinski definition) is 7. The molecule has 1 rings (SSSR count). The first-order valence-electron chi connectivity index (χ1n) is 7.41. The molecular weight excluding hydrogens is 324 g/mol. The minimum Gasteiger partial charge on any atom is -0.493 e. The molecule has 7 nitrogen and oxygen atoms in total. The number of carbonyl (C=O) groups is 2. The quantitative estimate of drug-likeness (QED) is 0.436. The molecule has 0 heterocycles. The summed E-state index contributed by atoms with van der Waals surface area (Å²) >= 11 is 0. The van der Waals surface area contributed by atoms with Gasteiger partial charge in [0.05, 0.1) is 7.11 Å². The molecule has 1 aromatic carbocycles. The van der Waals surface area contributed by atoms with Crippen LogP contribution in [0.1, 0.15) is 19.4 Å². The lowest BCUT2D eigenvalue weighted by Gasteiger charge is -2.11. The maximum absolute atomic E-state index is 11.7. The molecule has 2 N–H and O–H groups in total. The Hall–Kier alpha value is -3.27. The highest BCUT2D eigenvalue weighted by Crippen LogP contribution is 2.28. The summed E-state index contributed by atoms with van der Waals surface area (Å²) < 4.78 is 15.4. The van der Waals surface area contributed by atoms with Crippen LogP contribution in [-0.2, 0) is 14.3 Å². The molecule has 25 heavy (non-hydrogen) atoms. The third-order valence-corrected chi connectivity index (χ3v) is 3.04. The van der Waals surface area contributed by atoms with Gasteiger partial charge in [0.2, 0.25) is 5.78 Å². The van der Waals surface area contributed by atoms with Gasteiger partial charge < -0.3 is 19.9 Å². The van der Waals surface area contributed by atoms with Crippen LogP contribution in [-0.4, -0.2) is 32.1 Å². The minimum absolute atomic E-state index is 0.0748. The zero-order valence-corrected chi connectivity index (χ0v) is 14.4. The fourth-order valence-corrected chi connectivity index (χ4v) is 1.87. The number of Topliss-reactive ketones (excluding diaryl/α,β-unsaturated/α-hetero) is 1. The van der Waals surface area contributed by atoms with Gasteiger partial charge >= 0.3 is 5.97 Å². The Kier molecular flexibility index (Phi) is 7.73. The number of nitrogens with zero attached hydrogens (tertiary/aromatic N) is 1. The molecule has 0 aromatic heterocycles. The molecule has 0 radical (unpaired) electrons. The van der Waals surface area contributed by atoms with Crippen molar-refractivity contribution in [3.63, 3.8) is 0 Å². The van der Waals surface area contributed by atoms with E-state index >= 15 is 0 Å². The predicted molar refractivity (Wildman–Crippen MR) is 91.7 cm³/mol. The van der Waals surface area contributed by atoms with Crippen molar-refractivity contribution in [1.29, 1.82) is 5.26 Å². The van der Waals surface area contributed by atoms with E-state index in [2.05, 4.69) is 0 Å². The minimum atomic E-state index is -0.750. The van der Waals surface area contributed by atoms with Crippen LogP contribution in [0.15, 0.2) is 35.5 Å².